The lowest BCUT2D eigenvalue weighted by atomic mass is 10.2. The fraction of sp³-hybridized carbons (Fsp3) is 0.333. The quantitative estimate of drug-likeness (QED) is 0.865. The summed E-state index contributed by atoms with van der Waals surface area (Å²) < 4.78 is 0. The van der Waals surface area contributed by atoms with Crippen LogP contribution in [0.4, 0.5) is 10.5 Å². The Kier molecular flexibility index (Phi) is 3.72. The zero-order valence-corrected chi connectivity index (χ0v) is 10.4. The van der Waals surface area contributed by atoms with Gasteiger partial charge in [0.05, 0.1) is 0 Å². The summed E-state index contributed by atoms with van der Waals surface area (Å²) in [5.41, 5.74) is 0.613. The highest BCUT2D eigenvalue weighted by Crippen LogP contribution is 2.20. The van der Waals surface area contributed by atoms with E-state index in [-0.39, 0.29) is 5.91 Å². The zero-order chi connectivity index (χ0) is 13.1. The molecule has 1 aliphatic rings. The fourth-order valence-corrected chi connectivity index (χ4v) is 2.15. The number of carboxylic acid groups (broad SMARTS) is 1. The largest absolute Gasteiger partial charge is 0.465 e. The molecule has 0 radical (unpaired) electrons. The van der Waals surface area contributed by atoms with E-state index in [0.717, 1.165) is 0 Å². The van der Waals surface area contributed by atoms with Crippen molar-refractivity contribution in [1.29, 1.82) is 0 Å². The average molecular weight is 269 g/mol. The van der Waals surface area contributed by atoms with Crippen molar-refractivity contribution in [3.05, 3.63) is 29.3 Å². The van der Waals surface area contributed by atoms with Crippen LogP contribution in [0.25, 0.3) is 0 Å². The van der Waals surface area contributed by atoms with Gasteiger partial charge >= 0.3 is 6.09 Å². The Morgan fingerprint density at radius 3 is 2.61 bits per heavy atom. The third-order valence-electron chi connectivity index (χ3n) is 2.91. The molecule has 1 aromatic carbocycles. The molecule has 1 heterocycles. The van der Waals surface area contributed by atoms with Gasteiger partial charge in [0.1, 0.15) is 6.04 Å². The Hall–Kier alpha value is -1.75. The van der Waals surface area contributed by atoms with Crippen LogP contribution >= 0.6 is 11.6 Å². The van der Waals surface area contributed by atoms with E-state index in [4.69, 9.17) is 16.7 Å². The maximum Gasteiger partial charge on any atom is 0.407 e. The van der Waals surface area contributed by atoms with Crippen molar-refractivity contribution in [3.8, 4) is 0 Å². The van der Waals surface area contributed by atoms with Crippen LogP contribution in [0.5, 0.6) is 0 Å². The Balaban J connectivity index is 2.03. The number of amides is 2. The molecule has 1 unspecified atom stereocenters. The van der Waals surface area contributed by atoms with Gasteiger partial charge in [-0.1, -0.05) is 11.6 Å². The Morgan fingerprint density at radius 2 is 2.00 bits per heavy atom. The first-order valence-corrected chi connectivity index (χ1v) is 6.02. The monoisotopic (exact) mass is 268 g/mol. The molecule has 0 saturated carbocycles. The van der Waals surface area contributed by atoms with Gasteiger partial charge in [-0.05, 0) is 37.1 Å². The molecule has 6 heteroatoms. The van der Waals surface area contributed by atoms with Crippen LogP contribution in [-0.4, -0.2) is 34.6 Å². The highest BCUT2D eigenvalue weighted by atomic mass is 35.5. The summed E-state index contributed by atoms with van der Waals surface area (Å²) >= 11 is 5.74. The number of likely N-dealkylation sites (tertiary alicyclic amines) is 1. The minimum Gasteiger partial charge on any atom is -0.465 e. The topological polar surface area (TPSA) is 69.6 Å². The molecule has 0 aromatic heterocycles. The number of rotatable bonds is 2. The van der Waals surface area contributed by atoms with Gasteiger partial charge in [-0.2, -0.15) is 0 Å². The lowest BCUT2D eigenvalue weighted by Crippen LogP contribution is -2.42. The van der Waals surface area contributed by atoms with Gasteiger partial charge in [-0.3, -0.25) is 9.69 Å². The lowest BCUT2D eigenvalue weighted by Gasteiger charge is -2.20. The molecule has 96 valence electrons. The maximum absolute atomic E-state index is 12.0. The van der Waals surface area contributed by atoms with E-state index < -0.39 is 12.1 Å². The molecular weight excluding hydrogens is 256 g/mol. The molecular formula is C12H13ClN2O3. The minimum atomic E-state index is -1.05. The lowest BCUT2D eigenvalue weighted by molar-refractivity contribution is -0.119. The molecule has 5 nitrogen and oxygen atoms in total. The maximum atomic E-state index is 12.0. The highest BCUT2D eigenvalue weighted by molar-refractivity contribution is 6.30. The first kappa shape index (κ1) is 12.7. The summed E-state index contributed by atoms with van der Waals surface area (Å²) in [6.07, 6.45) is 0.222. The van der Waals surface area contributed by atoms with Crippen molar-refractivity contribution in [1.82, 2.24) is 4.90 Å². The number of benzene rings is 1. The van der Waals surface area contributed by atoms with Crippen molar-refractivity contribution in [2.45, 2.75) is 18.9 Å². The molecule has 0 aliphatic carbocycles. The number of carbonyl (C=O) groups excluding carboxylic acids is 1. The molecule has 1 atom stereocenters. The number of anilines is 1. The zero-order valence-electron chi connectivity index (χ0n) is 9.60. The summed E-state index contributed by atoms with van der Waals surface area (Å²) in [4.78, 5) is 24.1. The SMILES string of the molecule is O=C(Nc1ccc(Cl)cc1)C1CCCN1C(=O)O. The molecule has 1 aromatic rings. The predicted octanol–water partition coefficient (Wildman–Crippen LogP) is 2.42. The first-order valence-electron chi connectivity index (χ1n) is 5.64. The van der Waals surface area contributed by atoms with Crippen LogP contribution in [-0.2, 0) is 4.79 Å². The Labute approximate surface area is 109 Å². The number of nitrogens with zero attached hydrogens (tertiary/aromatic N) is 1. The third-order valence-corrected chi connectivity index (χ3v) is 3.16. The second-order valence-electron chi connectivity index (χ2n) is 4.13. The van der Waals surface area contributed by atoms with Gasteiger partial charge < -0.3 is 10.4 Å². The van der Waals surface area contributed by atoms with E-state index in [9.17, 15) is 9.59 Å². The smallest absolute Gasteiger partial charge is 0.407 e. The van der Waals surface area contributed by atoms with Crippen LogP contribution in [0.15, 0.2) is 24.3 Å². The summed E-state index contributed by atoms with van der Waals surface area (Å²) in [7, 11) is 0. The predicted molar refractivity (Wildman–Crippen MR) is 67.8 cm³/mol. The van der Waals surface area contributed by atoms with Gasteiger partial charge in [0.15, 0.2) is 0 Å². The molecule has 2 amide bonds. The van der Waals surface area contributed by atoms with Gasteiger partial charge in [0, 0.05) is 17.3 Å². The summed E-state index contributed by atoms with van der Waals surface area (Å²) in [6, 6.07) is 6.10. The highest BCUT2D eigenvalue weighted by Gasteiger charge is 2.33. The number of hydrogen-bond donors (Lipinski definition) is 2. The van der Waals surface area contributed by atoms with Gasteiger partial charge in [0.2, 0.25) is 5.91 Å². The fourth-order valence-electron chi connectivity index (χ4n) is 2.03. The number of nitrogens with one attached hydrogen (secondary N) is 1. The molecule has 1 saturated heterocycles. The summed E-state index contributed by atoms with van der Waals surface area (Å²) in [5, 5.41) is 12.2. The Morgan fingerprint density at radius 1 is 1.33 bits per heavy atom. The van der Waals surface area contributed by atoms with Crippen molar-refractivity contribution in [2.75, 3.05) is 11.9 Å². The van der Waals surface area contributed by atoms with Crippen LogP contribution in [0, 0.1) is 0 Å². The van der Waals surface area contributed by atoms with E-state index in [0.29, 0.717) is 30.1 Å². The standard InChI is InChI=1S/C12H13ClN2O3/c13-8-3-5-9(6-4-8)14-11(16)10-2-1-7-15(10)12(17)18/h3-6,10H,1-2,7H2,(H,14,16)(H,17,18). The summed E-state index contributed by atoms with van der Waals surface area (Å²) in [6.45, 7) is 0.411. The minimum absolute atomic E-state index is 0.294. The molecule has 2 rings (SSSR count). The van der Waals surface area contributed by atoms with E-state index in [1.807, 2.05) is 0 Å². The van der Waals surface area contributed by atoms with Gasteiger partial charge in [-0.15, -0.1) is 0 Å². The van der Waals surface area contributed by atoms with Crippen LogP contribution in [0.1, 0.15) is 12.8 Å². The van der Waals surface area contributed by atoms with Crippen LogP contribution in [0.2, 0.25) is 5.02 Å². The second-order valence-corrected chi connectivity index (χ2v) is 4.57. The normalized spacial score (nSPS) is 18.7. The number of hydrogen-bond acceptors (Lipinski definition) is 2. The second kappa shape index (κ2) is 5.27. The Bertz CT molecular complexity index is 461. The summed E-state index contributed by atoms with van der Waals surface area (Å²) in [5.74, 6) is -0.294. The molecule has 18 heavy (non-hydrogen) atoms. The molecule has 0 spiro atoms. The van der Waals surface area contributed by atoms with Gasteiger partial charge in [0.25, 0.3) is 0 Å². The van der Waals surface area contributed by atoms with Crippen molar-refractivity contribution >= 4 is 29.3 Å². The molecule has 1 fully saturated rings. The molecule has 1 aliphatic heterocycles. The van der Waals surface area contributed by atoms with Gasteiger partial charge in [-0.25, -0.2) is 4.79 Å². The van der Waals surface area contributed by atoms with E-state index in [1.165, 1.54) is 4.90 Å². The van der Waals surface area contributed by atoms with E-state index in [2.05, 4.69) is 5.32 Å². The first-order chi connectivity index (χ1) is 8.58. The number of halogens is 1. The van der Waals surface area contributed by atoms with E-state index >= 15 is 0 Å². The average Bonchev–Trinajstić information content (AvgIpc) is 2.81. The van der Waals surface area contributed by atoms with Crippen molar-refractivity contribution in [2.24, 2.45) is 0 Å². The van der Waals surface area contributed by atoms with Crippen LogP contribution < -0.4 is 5.32 Å². The third kappa shape index (κ3) is 2.73. The van der Waals surface area contributed by atoms with E-state index in [1.54, 1.807) is 24.3 Å². The molecule has 0 bridgehead atoms. The van der Waals surface area contributed by atoms with Crippen molar-refractivity contribution < 1.29 is 14.7 Å². The molecule has 2 N–H and O–H groups in total. The number of carbonyl (C=O) groups is 2. The van der Waals surface area contributed by atoms with Crippen LogP contribution in [0.3, 0.4) is 0 Å². The van der Waals surface area contributed by atoms with Crippen molar-refractivity contribution in [3.63, 3.8) is 0 Å².